The van der Waals surface area contributed by atoms with E-state index in [2.05, 4.69) is 5.32 Å². The Kier molecular flexibility index (Phi) is 5.69. The molecule has 0 aliphatic heterocycles. The molecule has 0 radical (unpaired) electrons. The van der Waals surface area contributed by atoms with Gasteiger partial charge in [-0.25, -0.2) is 4.79 Å². The summed E-state index contributed by atoms with van der Waals surface area (Å²) in [5.74, 6) is 1.35. The van der Waals surface area contributed by atoms with E-state index in [9.17, 15) is 4.79 Å². The smallest absolute Gasteiger partial charge is 0.407 e. The molecule has 5 heteroatoms. The molecule has 0 spiro atoms. The normalized spacial score (nSPS) is 11.8. The van der Waals surface area contributed by atoms with Gasteiger partial charge in [0.25, 0.3) is 0 Å². The fraction of sp³-hybridized carbons (Fsp3) is 0.588. The lowest BCUT2D eigenvalue weighted by molar-refractivity contribution is 0.0517. The van der Waals surface area contributed by atoms with Crippen LogP contribution in [0.3, 0.4) is 0 Å². The maximum absolute atomic E-state index is 11.8. The van der Waals surface area contributed by atoms with Crippen LogP contribution >= 0.6 is 0 Å². The number of ether oxygens (including phenoxy) is 3. The van der Waals surface area contributed by atoms with Crippen LogP contribution in [0.1, 0.15) is 40.2 Å². The van der Waals surface area contributed by atoms with Crippen LogP contribution in [0.4, 0.5) is 4.79 Å². The topological polar surface area (TPSA) is 56.8 Å². The molecule has 1 N–H and O–H groups in total. The lowest BCUT2D eigenvalue weighted by Gasteiger charge is -2.27. The average Bonchev–Trinajstić information content (AvgIpc) is 2.42. The number of rotatable bonds is 5. The first-order valence-electron chi connectivity index (χ1n) is 7.28. The van der Waals surface area contributed by atoms with Crippen molar-refractivity contribution in [3.05, 3.63) is 23.8 Å². The highest BCUT2D eigenvalue weighted by atomic mass is 16.6. The van der Waals surface area contributed by atoms with E-state index in [1.54, 1.807) is 14.2 Å². The third kappa shape index (κ3) is 5.13. The molecule has 1 aromatic carbocycles. The van der Waals surface area contributed by atoms with Crippen LogP contribution in [0.15, 0.2) is 18.2 Å². The highest BCUT2D eigenvalue weighted by molar-refractivity contribution is 5.67. The third-order valence-electron chi connectivity index (χ3n) is 3.24. The summed E-state index contributed by atoms with van der Waals surface area (Å²) in [6, 6.07) is 5.76. The minimum Gasteiger partial charge on any atom is -0.493 e. The number of carbonyl (C=O) groups excluding carboxylic acids is 1. The molecule has 0 fully saturated rings. The van der Waals surface area contributed by atoms with Crippen molar-refractivity contribution in [1.82, 2.24) is 5.32 Å². The van der Waals surface area contributed by atoms with Crippen LogP contribution in [-0.2, 0) is 10.2 Å². The lowest BCUT2D eigenvalue weighted by Crippen LogP contribution is -2.39. The Morgan fingerprint density at radius 3 is 2.14 bits per heavy atom. The summed E-state index contributed by atoms with van der Waals surface area (Å²) in [5, 5.41) is 2.81. The van der Waals surface area contributed by atoms with Crippen molar-refractivity contribution in [2.24, 2.45) is 0 Å². The van der Waals surface area contributed by atoms with E-state index in [1.165, 1.54) is 0 Å². The van der Waals surface area contributed by atoms with Gasteiger partial charge >= 0.3 is 6.09 Å². The summed E-state index contributed by atoms with van der Waals surface area (Å²) in [5.41, 5.74) is 0.273. The molecule has 0 saturated carbocycles. The second-order valence-corrected chi connectivity index (χ2v) is 6.81. The summed E-state index contributed by atoms with van der Waals surface area (Å²) >= 11 is 0. The van der Waals surface area contributed by atoms with Crippen molar-refractivity contribution in [2.45, 2.75) is 45.6 Å². The molecule has 0 heterocycles. The Hall–Kier alpha value is -1.91. The van der Waals surface area contributed by atoms with Crippen molar-refractivity contribution >= 4 is 6.09 Å². The molecule has 5 nitrogen and oxygen atoms in total. The van der Waals surface area contributed by atoms with Gasteiger partial charge in [-0.2, -0.15) is 0 Å². The van der Waals surface area contributed by atoms with Gasteiger partial charge in [-0.1, -0.05) is 19.9 Å². The SMILES string of the molecule is COc1ccc(C(C)(C)CNC(=O)OC(C)(C)C)cc1OC. The molecule has 0 aliphatic rings. The summed E-state index contributed by atoms with van der Waals surface area (Å²) in [4.78, 5) is 11.8. The van der Waals surface area contributed by atoms with E-state index in [0.29, 0.717) is 18.0 Å². The van der Waals surface area contributed by atoms with Gasteiger partial charge in [-0.05, 0) is 38.5 Å². The van der Waals surface area contributed by atoms with E-state index < -0.39 is 11.7 Å². The van der Waals surface area contributed by atoms with Crippen LogP contribution in [0.2, 0.25) is 0 Å². The zero-order valence-corrected chi connectivity index (χ0v) is 14.6. The Morgan fingerprint density at radius 1 is 1.05 bits per heavy atom. The van der Waals surface area contributed by atoms with Crippen molar-refractivity contribution < 1.29 is 19.0 Å². The largest absolute Gasteiger partial charge is 0.493 e. The van der Waals surface area contributed by atoms with Gasteiger partial charge in [0.15, 0.2) is 11.5 Å². The first kappa shape index (κ1) is 18.1. The van der Waals surface area contributed by atoms with Crippen molar-refractivity contribution in [3.63, 3.8) is 0 Å². The van der Waals surface area contributed by atoms with Crippen LogP contribution in [0.5, 0.6) is 11.5 Å². The number of carbonyl (C=O) groups is 1. The molecule has 0 atom stereocenters. The predicted molar refractivity (Wildman–Crippen MR) is 86.8 cm³/mol. The maximum atomic E-state index is 11.8. The Bertz CT molecular complexity index is 518. The zero-order valence-electron chi connectivity index (χ0n) is 14.6. The van der Waals surface area contributed by atoms with Crippen LogP contribution in [-0.4, -0.2) is 32.5 Å². The fourth-order valence-electron chi connectivity index (χ4n) is 1.97. The molecule has 22 heavy (non-hydrogen) atoms. The van der Waals surface area contributed by atoms with Crippen molar-refractivity contribution in [3.8, 4) is 11.5 Å². The summed E-state index contributed by atoms with van der Waals surface area (Å²) in [6.45, 7) is 10.1. The quantitative estimate of drug-likeness (QED) is 0.904. The molecular weight excluding hydrogens is 282 g/mol. The first-order valence-corrected chi connectivity index (χ1v) is 7.28. The molecular formula is C17H27NO4. The molecule has 0 aromatic heterocycles. The number of amides is 1. The number of benzene rings is 1. The molecule has 0 aliphatic carbocycles. The summed E-state index contributed by atoms with van der Waals surface area (Å²) in [7, 11) is 3.21. The summed E-state index contributed by atoms with van der Waals surface area (Å²) in [6.07, 6.45) is -0.416. The minimum absolute atomic E-state index is 0.267. The second kappa shape index (κ2) is 6.90. The monoisotopic (exact) mass is 309 g/mol. The van der Waals surface area contributed by atoms with Gasteiger partial charge in [-0.15, -0.1) is 0 Å². The minimum atomic E-state index is -0.502. The highest BCUT2D eigenvalue weighted by Gasteiger charge is 2.24. The van der Waals surface area contributed by atoms with E-state index in [0.717, 1.165) is 5.56 Å². The third-order valence-corrected chi connectivity index (χ3v) is 3.24. The van der Waals surface area contributed by atoms with E-state index in [4.69, 9.17) is 14.2 Å². The van der Waals surface area contributed by atoms with E-state index >= 15 is 0 Å². The Morgan fingerprint density at radius 2 is 1.64 bits per heavy atom. The van der Waals surface area contributed by atoms with E-state index in [-0.39, 0.29) is 5.41 Å². The van der Waals surface area contributed by atoms with Gasteiger partial charge in [0.2, 0.25) is 0 Å². The maximum Gasteiger partial charge on any atom is 0.407 e. The number of methoxy groups -OCH3 is 2. The van der Waals surface area contributed by atoms with Gasteiger partial charge in [0, 0.05) is 12.0 Å². The Balaban J connectivity index is 2.80. The van der Waals surface area contributed by atoms with Crippen molar-refractivity contribution in [2.75, 3.05) is 20.8 Å². The van der Waals surface area contributed by atoms with Crippen LogP contribution in [0, 0.1) is 0 Å². The van der Waals surface area contributed by atoms with Crippen molar-refractivity contribution in [1.29, 1.82) is 0 Å². The van der Waals surface area contributed by atoms with Crippen LogP contribution in [0.25, 0.3) is 0 Å². The second-order valence-electron chi connectivity index (χ2n) is 6.81. The Labute approximate surface area is 132 Å². The molecule has 1 amide bonds. The molecule has 0 saturated heterocycles. The van der Waals surface area contributed by atoms with Gasteiger partial charge in [-0.3, -0.25) is 0 Å². The zero-order chi connectivity index (χ0) is 17.0. The molecule has 124 valence electrons. The predicted octanol–water partition coefficient (Wildman–Crippen LogP) is 3.51. The summed E-state index contributed by atoms with van der Waals surface area (Å²) < 4.78 is 15.8. The first-order chi connectivity index (χ1) is 10.1. The molecule has 1 rings (SSSR count). The molecule has 0 bridgehead atoms. The molecule has 0 unspecified atom stereocenters. The van der Waals surface area contributed by atoms with Gasteiger partial charge < -0.3 is 19.5 Å². The molecule has 1 aromatic rings. The number of alkyl carbamates (subject to hydrolysis) is 1. The number of hydrogen-bond donors (Lipinski definition) is 1. The lowest BCUT2D eigenvalue weighted by atomic mass is 9.84. The highest BCUT2D eigenvalue weighted by Crippen LogP contribution is 2.32. The number of hydrogen-bond acceptors (Lipinski definition) is 4. The fourth-order valence-corrected chi connectivity index (χ4v) is 1.97. The number of nitrogens with one attached hydrogen (secondary N) is 1. The standard InChI is InChI=1S/C17H27NO4/c1-16(2,3)22-15(19)18-11-17(4,5)12-8-9-13(20-6)14(10-12)21-7/h8-10H,11H2,1-7H3,(H,18,19). The van der Waals surface area contributed by atoms with Gasteiger partial charge in [0.05, 0.1) is 14.2 Å². The van der Waals surface area contributed by atoms with Gasteiger partial charge in [0.1, 0.15) is 5.60 Å². The van der Waals surface area contributed by atoms with E-state index in [1.807, 2.05) is 52.8 Å². The van der Waals surface area contributed by atoms with Crippen LogP contribution < -0.4 is 14.8 Å². The average molecular weight is 309 g/mol.